The number of carbonyl (C=O) groups is 1. The fourth-order valence-electron chi connectivity index (χ4n) is 3.41. The molecule has 178 valence electrons. The summed E-state index contributed by atoms with van der Waals surface area (Å²) >= 11 is 0.876. The number of thiazole rings is 1. The zero-order valence-corrected chi connectivity index (χ0v) is 19.2. The highest BCUT2D eigenvalue weighted by Gasteiger charge is 2.48. The number of hydrogen-bond donors (Lipinski definition) is 2. The Kier molecular flexibility index (Phi) is 6.37. The van der Waals surface area contributed by atoms with E-state index in [0.29, 0.717) is 23.1 Å². The van der Waals surface area contributed by atoms with Crippen LogP contribution in [0.15, 0.2) is 58.9 Å². The maximum atomic E-state index is 13.9. The molecule has 1 fully saturated rings. The van der Waals surface area contributed by atoms with Crippen molar-refractivity contribution in [3.63, 3.8) is 0 Å². The number of rotatable bonds is 8. The van der Waals surface area contributed by atoms with E-state index in [4.69, 9.17) is 0 Å². The summed E-state index contributed by atoms with van der Waals surface area (Å²) < 4.78 is 68.3. The standard InChI is InChI=1S/C22H19F3N4O3S2/c23-22(24,25)18(14-6-2-1-3-7-14)27-16(19(30)29-21(13-26)10-11-21)12-34(31,32)20-28-15-8-4-5-9-17(15)33-20/h1-9,16,18,27H,10-12H2,(H,29,30)/t16-,18-/m0/s1. The molecule has 0 bridgehead atoms. The van der Waals surface area contributed by atoms with Gasteiger partial charge in [0.15, 0.2) is 0 Å². The third-order valence-electron chi connectivity index (χ3n) is 5.40. The molecule has 2 atom stereocenters. The number of nitrogens with zero attached hydrogens (tertiary/aromatic N) is 2. The van der Waals surface area contributed by atoms with Crippen LogP contribution in [0.1, 0.15) is 24.4 Å². The van der Waals surface area contributed by atoms with E-state index in [1.54, 1.807) is 30.3 Å². The topological polar surface area (TPSA) is 112 Å². The Balaban J connectivity index is 1.67. The van der Waals surface area contributed by atoms with Gasteiger partial charge in [-0.25, -0.2) is 13.4 Å². The fourth-order valence-corrected chi connectivity index (χ4v) is 6.16. The van der Waals surface area contributed by atoms with Crippen molar-refractivity contribution in [1.29, 1.82) is 5.26 Å². The van der Waals surface area contributed by atoms with Crippen LogP contribution < -0.4 is 10.6 Å². The second-order valence-electron chi connectivity index (χ2n) is 8.02. The molecule has 4 rings (SSSR count). The monoisotopic (exact) mass is 508 g/mol. The summed E-state index contributed by atoms with van der Waals surface area (Å²) in [7, 11) is -4.25. The number of fused-ring (bicyclic) bond motifs is 1. The highest BCUT2D eigenvalue weighted by atomic mass is 32.2. The van der Waals surface area contributed by atoms with Crippen molar-refractivity contribution in [2.24, 2.45) is 0 Å². The Hall–Kier alpha value is -3.01. The van der Waals surface area contributed by atoms with E-state index in [9.17, 15) is 31.6 Å². The molecule has 2 aromatic carbocycles. The zero-order valence-electron chi connectivity index (χ0n) is 17.5. The van der Waals surface area contributed by atoms with Crippen molar-refractivity contribution in [2.45, 2.75) is 41.0 Å². The summed E-state index contributed by atoms with van der Waals surface area (Å²) in [5.41, 5.74) is -0.928. The number of carbonyl (C=O) groups excluding carboxylic acids is 1. The zero-order chi connectivity index (χ0) is 24.6. The third-order valence-corrected chi connectivity index (χ3v) is 8.64. The number of halogens is 3. The van der Waals surface area contributed by atoms with Crippen LogP contribution in [-0.4, -0.2) is 42.8 Å². The summed E-state index contributed by atoms with van der Waals surface area (Å²) in [5, 5.41) is 13.9. The molecule has 0 radical (unpaired) electrons. The number of benzene rings is 2. The summed E-state index contributed by atoms with van der Waals surface area (Å²) in [5.74, 6) is -1.95. The van der Waals surface area contributed by atoms with Gasteiger partial charge in [0.25, 0.3) is 0 Å². The van der Waals surface area contributed by atoms with Gasteiger partial charge in [0.2, 0.25) is 20.1 Å². The van der Waals surface area contributed by atoms with Gasteiger partial charge < -0.3 is 5.32 Å². The summed E-state index contributed by atoms with van der Waals surface area (Å²) in [4.78, 5) is 17.0. The maximum Gasteiger partial charge on any atom is 0.407 e. The van der Waals surface area contributed by atoms with Crippen molar-refractivity contribution in [3.8, 4) is 6.07 Å². The van der Waals surface area contributed by atoms with E-state index in [1.165, 1.54) is 24.3 Å². The van der Waals surface area contributed by atoms with E-state index in [1.807, 2.05) is 6.07 Å². The molecule has 1 aliphatic carbocycles. The molecular weight excluding hydrogens is 489 g/mol. The average Bonchev–Trinajstić information content (AvgIpc) is 3.42. The van der Waals surface area contributed by atoms with Gasteiger partial charge in [0, 0.05) is 0 Å². The third kappa shape index (κ3) is 5.22. The Labute approximate surface area is 197 Å². The van der Waals surface area contributed by atoms with Crippen LogP contribution in [0.25, 0.3) is 10.2 Å². The van der Waals surface area contributed by atoms with Crippen LogP contribution in [0.2, 0.25) is 0 Å². The number of nitriles is 1. The van der Waals surface area contributed by atoms with Gasteiger partial charge in [-0.3, -0.25) is 10.1 Å². The second kappa shape index (κ2) is 8.98. The minimum Gasteiger partial charge on any atom is -0.336 e. The van der Waals surface area contributed by atoms with E-state index in [-0.39, 0.29) is 9.90 Å². The molecule has 12 heteroatoms. The minimum atomic E-state index is -4.81. The number of nitrogens with one attached hydrogen (secondary N) is 2. The molecule has 7 nitrogen and oxygen atoms in total. The molecule has 34 heavy (non-hydrogen) atoms. The number of amides is 1. The lowest BCUT2D eigenvalue weighted by atomic mass is 10.1. The van der Waals surface area contributed by atoms with Crippen LogP contribution in [0.5, 0.6) is 0 Å². The van der Waals surface area contributed by atoms with Gasteiger partial charge in [0.05, 0.1) is 22.0 Å². The molecule has 0 unspecified atom stereocenters. The van der Waals surface area contributed by atoms with Crippen molar-refractivity contribution < 1.29 is 26.4 Å². The predicted molar refractivity (Wildman–Crippen MR) is 120 cm³/mol. The molecule has 1 saturated carbocycles. The van der Waals surface area contributed by atoms with Crippen molar-refractivity contribution in [1.82, 2.24) is 15.6 Å². The average molecular weight is 509 g/mol. The quantitative estimate of drug-likeness (QED) is 0.482. The molecule has 1 aliphatic rings. The number of sulfone groups is 1. The van der Waals surface area contributed by atoms with Crippen LogP contribution in [0, 0.1) is 11.3 Å². The van der Waals surface area contributed by atoms with Crippen molar-refractivity contribution in [2.75, 3.05) is 5.75 Å². The number of hydrogen-bond acceptors (Lipinski definition) is 7. The number of para-hydroxylation sites is 1. The molecular formula is C22H19F3N4O3S2. The van der Waals surface area contributed by atoms with Gasteiger partial charge in [-0.1, -0.05) is 42.5 Å². The first-order chi connectivity index (χ1) is 16.0. The predicted octanol–water partition coefficient (Wildman–Crippen LogP) is 3.50. The lowest BCUT2D eigenvalue weighted by Gasteiger charge is -2.27. The molecule has 3 aromatic rings. The molecule has 1 heterocycles. The Morgan fingerprint density at radius 1 is 1.15 bits per heavy atom. The largest absolute Gasteiger partial charge is 0.407 e. The van der Waals surface area contributed by atoms with Crippen LogP contribution >= 0.6 is 11.3 Å². The Morgan fingerprint density at radius 3 is 2.38 bits per heavy atom. The number of alkyl halides is 3. The molecule has 0 aliphatic heterocycles. The molecule has 1 amide bonds. The SMILES string of the molecule is N#CC1(NC(=O)[C@H](CS(=O)(=O)c2nc3ccccc3s2)N[C@@H](c2ccccc2)C(F)(F)F)CC1. The molecule has 1 aromatic heterocycles. The molecule has 0 spiro atoms. The van der Waals surface area contributed by atoms with Gasteiger partial charge in [-0.2, -0.15) is 18.4 Å². The highest BCUT2D eigenvalue weighted by Crippen LogP contribution is 2.36. The second-order valence-corrected chi connectivity index (χ2v) is 11.3. The maximum absolute atomic E-state index is 13.9. The van der Waals surface area contributed by atoms with Gasteiger partial charge in [-0.05, 0) is 30.5 Å². The molecule has 0 saturated heterocycles. The van der Waals surface area contributed by atoms with Crippen LogP contribution in [-0.2, 0) is 14.6 Å². The minimum absolute atomic E-state index is 0.174. The fraction of sp³-hybridized carbons (Fsp3) is 0.318. The van der Waals surface area contributed by atoms with Gasteiger partial charge in [0.1, 0.15) is 17.6 Å². The van der Waals surface area contributed by atoms with Crippen LogP contribution in [0.4, 0.5) is 13.2 Å². The van der Waals surface area contributed by atoms with E-state index >= 15 is 0 Å². The number of aromatic nitrogens is 1. The van der Waals surface area contributed by atoms with E-state index in [2.05, 4.69) is 15.6 Å². The Morgan fingerprint density at radius 2 is 1.79 bits per heavy atom. The first kappa shape index (κ1) is 24.1. The van der Waals surface area contributed by atoms with Crippen LogP contribution in [0.3, 0.4) is 0 Å². The smallest absolute Gasteiger partial charge is 0.336 e. The van der Waals surface area contributed by atoms with Gasteiger partial charge in [-0.15, -0.1) is 11.3 Å². The molecule has 2 N–H and O–H groups in total. The normalized spacial score (nSPS) is 17.0. The van der Waals surface area contributed by atoms with Crippen molar-refractivity contribution >= 4 is 37.3 Å². The highest BCUT2D eigenvalue weighted by molar-refractivity contribution is 7.93. The van der Waals surface area contributed by atoms with Gasteiger partial charge >= 0.3 is 6.18 Å². The van der Waals surface area contributed by atoms with Crippen molar-refractivity contribution in [3.05, 3.63) is 60.2 Å². The van der Waals surface area contributed by atoms with E-state index < -0.39 is 45.3 Å². The summed E-state index contributed by atoms with van der Waals surface area (Å²) in [6, 6.07) is 11.4. The lowest BCUT2D eigenvalue weighted by Crippen LogP contribution is -2.54. The first-order valence-corrected chi connectivity index (χ1v) is 12.7. The Bertz CT molecular complexity index is 1310. The first-order valence-electron chi connectivity index (χ1n) is 10.2. The summed E-state index contributed by atoms with van der Waals surface area (Å²) in [6.07, 6.45) is -4.13. The van der Waals surface area contributed by atoms with E-state index in [0.717, 1.165) is 11.3 Å². The lowest BCUT2D eigenvalue weighted by molar-refractivity contribution is -0.160. The summed E-state index contributed by atoms with van der Waals surface area (Å²) in [6.45, 7) is 0.